The van der Waals surface area contributed by atoms with Gasteiger partial charge in [-0.05, 0) is 50.6 Å². The Morgan fingerprint density at radius 2 is 1.81 bits per heavy atom. The maximum atomic E-state index is 10.4. The molecular formula is C21H31NO5. The zero-order chi connectivity index (χ0) is 19.9. The summed E-state index contributed by atoms with van der Waals surface area (Å²) < 4.78 is 21.9. The van der Waals surface area contributed by atoms with Crippen LogP contribution in [-0.4, -0.2) is 49.1 Å². The van der Waals surface area contributed by atoms with Crippen LogP contribution < -0.4 is 9.47 Å². The van der Waals surface area contributed by atoms with Gasteiger partial charge >= 0.3 is 0 Å². The fourth-order valence-electron chi connectivity index (χ4n) is 2.74. The molecule has 0 bridgehead atoms. The lowest BCUT2D eigenvalue weighted by Gasteiger charge is -2.27. The van der Waals surface area contributed by atoms with Crippen molar-refractivity contribution in [3.63, 3.8) is 0 Å². The number of methoxy groups -OCH3 is 2. The van der Waals surface area contributed by atoms with E-state index in [0.717, 1.165) is 11.3 Å². The number of nitrogens with zero attached hydrogens (tertiary/aromatic N) is 1. The van der Waals surface area contributed by atoms with Crippen molar-refractivity contribution in [1.82, 2.24) is 4.90 Å². The largest absolute Gasteiger partial charge is 0.493 e. The van der Waals surface area contributed by atoms with Crippen molar-refractivity contribution in [1.29, 1.82) is 0 Å². The van der Waals surface area contributed by atoms with Crippen molar-refractivity contribution in [3.8, 4) is 11.5 Å². The SMILES string of the molecule is COc1ccc(CN(Cc2ccco2)C[C@H](O)COC(C)(C)C)cc1OC. The van der Waals surface area contributed by atoms with Crippen molar-refractivity contribution in [2.24, 2.45) is 0 Å². The van der Waals surface area contributed by atoms with Crippen LogP contribution in [0.5, 0.6) is 11.5 Å². The molecule has 1 N–H and O–H groups in total. The topological polar surface area (TPSA) is 64.3 Å². The van der Waals surface area contributed by atoms with Gasteiger partial charge in [0.15, 0.2) is 11.5 Å². The summed E-state index contributed by atoms with van der Waals surface area (Å²) in [7, 11) is 3.24. The molecule has 0 aliphatic carbocycles. The number of hydrogen-bond acceptors (Lipinski definition) is 6. The van der Waals surface area contributed by atoms with E-state index in [2.05, 4.69) is 4.90 Å². The minimum absolute atomic E-state index is 0.282. The molecule has 0 saturated carbocycles. The van der Waals surface area contributed by atoms with Crippen LogP contribution >= 0.6 is 0 Å². The first-order valence-corrected chi connectivity index (χ1v) is 9.08. The van der Waals surface area contributed by atoms with Gasteiger partial charge in [-0.3, -0.25) is 4.90 Å². The maximum absolute atomic E-state index is 10.4. The Morgan fingerprint density at radius 3 is 2.41 bits per heavy atom. The quantitative estimate of drug-likeness (QED) is 0.684. The van der Waals surface area contributed by atoms with Crippen LogP contribution in [0.3, 0.4) is 0 Å². The highest BCUT2D eigenvalue weighted by Crippen LogP contribution is 2.28. The number of aliphatic hydroxyl groups excluding tert-OH is 1. The van der Waals surface area contributed by atoms with Gasteiger partial charge in [-0.1, -0.05) is 6.07 Å². The molecule has 6 heteroatoms. The average molecular weight is 377 g/mol. The van der Waals surface area contributed by atoms with Gasteiger partial charge in [-0.2, -0.15) is 0 Å². The Kier molecular flexibility index (Phi) is 7.71. The van der Waals surface area contributed by atoms with E-state index in [-0.39, 0.29) is 12.2 Å². The van der Waals surface area contributed by atoms with Gasteiger partial charge in [0.1, 0.15) is 5.76 Å². The Balaban J connectivity index is 2.08. The Morgan fingerprint density at radius 1 is 1.07 bits per heavy atom. The van der Waals surface area contributed by atoms with Gasteiger partial charge in [0, 0.05) is 13.1 Å². The molecule has 0 saturated heterocycles. The molecule has 150 valence electrons. The molecule has 6 nitrogen and oxygen atoms in total. The first kappa shape index (κ1) is 21.3. The number of rotatable bonds is 10. The van der Waals surface area contributed by atoms with Gasteiger partial charge in [0.2, 0.25) is 0 Å². The summed E-state index contributed by atoms with van der Waals surface area (Å²) in [6, 6.07) is 9.63. The monoisotopic (exact) mass is 377 g/mol. The molecule has 0 unspecified atom stereocenters. The maximum Gasteiger partial charge on any atom is 0.161 e. The van der Waals surface area contributed by atoms with E-state index in [1.54, 1.807) is 20.5 Å². The van der Waals surface area contributed by atoms with Crippen LogP contribution in [0, 0.1) is 0 Å². The van der Waals surface area contributed by atoms with Crippen molar-refractivity contribution in [2.45, 2.75) is 45.6 Å². The van der Waals surface area contributed by atoms with Gasteiger partial charge in [0.05, 0.1) is 45.3 Å². The molecule has 0 amide bonds. The van der Waals surface area contributed by atoms with Gasteiger partial charge in [-0.25, -0.2) is 0 Å². The third-order valence-electron chi connectivity index (χ3n) is 3.99. The first-order valence-electron chi connectivity index (χ1n) is 9.08. The molecular weight excluding hydrogens is 346 g/mol. The third kappa shape index (κ3) is 7.25. The zero-order valence-electron chi connectivity index (χ0n) is 16.9. The van der Waals surface area contributed by atoms with Crippen molar-refractivity contribution in [2.75, 3.05) is 27.4 Å². The molecule has 0 aliphatic rings. The first-order chi connectivity index (χ1) is 12.8. The van der Waals surface area contributed by atoms with E-state index in [1.807, 2.05) is 51.1 Å². The normalized spacial score (nSPS) is 13.0. The van der Waals surface area contributed by atoms with E-state index >= 15 is 0 Å². The van der Waals surface area contributed by atoms with Crippen LogP contribution in [0.15, 0.2) is 41.0 Å². The van der Waals surface area contributed by atoms with Gasteiger partial charge < -0.3 is 23.7 Å². The smallest absolute Gasteiger partial charge is 0.161 e. The van der Waals surface area contributed by atoms with E-state index in [4.69, 9.17) is 18.6 Å². The lowest BCUT2D eigenvalue weighted by atomic mass is 10.1. The van der Waals surface area contributed by atoms with Crippen LogP contribution in [0.25, 0.3) is 0 Å². The molecule has 1 aromatic carbocycles. The number of furan rings is 1. The van der Waals surface area contributed by atoms with E-state index < -0.39 is 6.10 Å². The van der Waals surface area contributed by atoms with Crippen molar-refractivity contribution < 1.29 is 23.7 Å². The molecule has 0 radical (unpaired) electrons. The number of hydrogen-bond donors (Lipinski definition) is 1. The number of benzene rings is 1. The predicted octanol–water partition coefficient (Wildman–Crippen LogP) is 3.48. The van der Waals surface area contributed by atoms with E-state index in [1.165, 1.54) is 0 Å². The minimum atomic E-state index is -0.598. The molecule has 0 fully saturated rings. The van der Waals surface area contributed by atoms with E-state index in [0.29, 0.717) is 31.1 Å². The van der Waals surface area contributed by atoms with Crippen LogP contribution in [-0.2, 0) is 17.8 Å². The highest BCUT2D eigenvalue weighted by Gasteiger charge is 2.18. The fraction of sp³-hybridized carbons (Fsp3) is 0.524. The second-order valence-electron chi connectivity index (χ2n) is 7.52. The molecule has 27 heavy (non-hydrogen) atoms. The number of aliphatic hydroxyl groups is 1. The Hall–Kier alpha value is -2.02. The average Bonchev–Trinajstić information content (AvgIpc) is 3.12. The molecule has 1 heterocycles. The Labute approximate surface area is 161 Å². The van der Waals surface area contributed by atoms with Crippen LogP contribution in [0.1, 0.15) is 32.1 Å². The van der Waals surface area contributed by atoms with Crippen molar-refractivity contribution in [3.05, 3.63) is 47.9 Å². The standard InChI is InChI=1S/C21H31NO5/c1-21(2,3)27-15-17(23)13-22(14-18-7-6-10-26-18)12-16-8-9-19(24-4)20(11-16)25-5/h6-11,17,23H,12-15H2,1-5H3/t17-/m0/s1. The van der Waals surface area contributed by atoms with Crippen LogP contribution in [0.4, 0.5) is 0 Å². The minimum Gasteiger partial charge on any atom is -0.493 e. The Bertz CT molecular complexity index is 678. The molecule has 2 aromatic rings. The second kappa shape index (κ2) is 9.78. The lowest BCUT2D eigenvalue weighted by molar-refractivity contribution is -0.0576. The number of ether oxygens (including phenoxy) is 3. The summed E-state index contributed by atoms with van der Waals surface area (Å²) in [5, 5.41) is 10.4. The highest BCUT2D eigenvalue weighted by atomic mass is 16.5. The van der Waals surface area contributed by atoms with Gasteiger partial charge in [0.25, 0.3) is 0 Å². The van der Waals surface area contributed by atoms with Gasteiger partial charge in [-0.15, -0.1) is 0 Å². The summed E-state index contributed by atoms with van der Waals surface area (Å²) in [5.74, 6) is 2.22. The fourth-order valence-corrected chi connectivity index (χ4v) is 2.74. The summed E-state index contributed by atoms with van der Waals surface area (Å²) in [6.45, 7) is 7.90. The molecule has 2 rings (SSSR count). The third-order valence-corrected chi connectivity index (χ3v) is 3.99. The molecule has 1 atom stereocenters. The summed E-state index contributed by atoms with van der Waals surface area (Å²) in [6.07, 6.45) is 1.06. The summed E-state index contributed by atoms with van der Waals surface area (Å²) >= 11 is 0. The summed E-state index contributed by atoms with van der Waals surface area (Å²) in [5.41, 5.74) is 0.777. The molecule has 1 aromatic heterocycles. The predicted molar refractivity (Wildman–Crippen MR) is 104 cm³/mol. The molecule has 0 aliphatic heterocycles. The van der Waals surface area contributed by atoms with Crippen molar-refractivity contribution >= 4 is 0 Å². The second-order valence-corrected chi connectivity index (χ2v) is 7.52. The highest BCUT2D eigenvalue weighted by molar-refractivity contribution is 5.42. The summed E-state index contributed by atoms with van der Waals surface area (Å²) in [4.78, 5) is 2.12. The zero-order valence-corrected chi connectivity index (χ0v) is 16.9. The van der Waals surface area contributed by atoms with E-state index in [9.17, 15) is 5.11 Å². The lowest BCUT2D eigenvalue weighted by Crippen LogP contribution is -2.36. The molecule has 0 spiro atoms. The van der Waals surface area contributed by atoms with Crippen LogP contribution in [0.2, 0.25) is 0 Å².